The number of nitrogens with two attached hydrogens (primary N) is 1. The van der Waals surface area contributed by atoms with E-state index in [1.54, 1.807) is 6.07 Å². The molecule has 1 amide bonds. The van der Waals surface area contributed by atoms with Crippen molar-refractivity contribution in [3.63, 3.8) is 0 Å². The Morgan fingerprint density at radius 2 is 2.00 bits per heavy atom. The number of hydrogen-bond donors (Lipinski definition) is 2. The zero-order valence-corrected chi connectivity index (χ0v) is 14.6. The molecule has 24 heavy (non-hydrogen) atoms. The summed E-state index contributed by atoms with van der Waals surface area (Å²) < 4.78 is 27.7. The Kier molecular flexibility index (Phi) is 4.18. The molecule has 0 unspecified atom stereocenters. The van der Waals surface area contributed by atoms with E-state index in [0.29, 0.717) is 5.56 Å². The fourth-order valence-electron chi connectivity index (χ4n) is 2.80. The normalized spacial score (nSPS) is 13.5. The molecule has 6 nitrogen and oxygen atoms in total. The number of benzene rings is 1. The molecular formula is C16H16N2O4S2. The van der Waals surface area contributed by atoms with Crippen LogP contribution in [0, 0.1) is 0 Å². The van der Waals surface area contributed by atoms with Crippen LogP contribution in [0.2, 0.25) is 0 Å². The van der Waals surface area contributed by atoms with Crippen molar-refractivity contribution in [3.8, 4) is 0 Å². The number of carbonyl (C=O) groups excluding carboxylic acids is 2. The van der Waals surface area contributed by atoms with Gasteiger partial charge in [0.15, 0.2) is 5.78 Å². The molecule has 0 aliphatic heterocycles. The van der Waals surface area contributed by atoms with Crippen molar-refractivity contribution in [3.05, 3.63) is 45.8 Å². The van der Waals surface area contributed by atoms with E-state index in [2.05, 4.69) is 4.72 Å². The van der Waals surface area contributed by atoms with Crippen molar-refractivity contribution in [2.45, 2.75) is 31.1 Å². The molecule has 126 valence electrons. The molecule has 1 aromatic heterocycles. The number of thiophene rings is 1. The Labute approximate surface area is 143 Å². The van der Waals surface area contributed by atoms with E-state index in [0.717, 1.165) is 29.7 Å². The van der Waals surface area contributed by atoms with Gasteiger partial charge < -0.3 is 5.73 Å². The van der Waals surface area contributed by atoms with Crippen LogP contribution in [-0.4, -0.2) is 20.1 Å². The number of primary amides is 1. The van der Waals surface area contributed by atoms with Crippen LogP contribution in [0.1, 0.15) is 44.5 Å². The fraction of sp³-hybridized carbons (Fsp3) is 0.250. The van der Waals surface area contributed by atoms with Gasteiger partial charge in [-0.1, -0.05) is 12.1 Å². The van der Waals surface area contributed by atoms with E-state index in [1.165, 1.54) is 36.5 Å². The molecule has 3 rings (SSSR count). The first kappa shape index (κ1) is 16.7. The van der Waals surface area contributed by atoms with E-state index >= 15 is 0 Å². The van der Waals surface area contributed by atoms with Crippen LogP contribution in [0.3, 0.4) is 0 Å². The van der Waals surface area contributed by atoms with Gasteiger partial charge in [0, 0.05) is 10.4 Å². The molecule has 1 heterocycles. The van der Waals surface area contributed by atoms with E-state index in [-0.39, 0.29) is 21.2 Å². The number of aryl methyl sites for hydroxylation is 1. The molecular weight excluding hydrogens is 348 g/mol. The maximum atomic E-state index is 12.6. The largest absolute Gasteiger partial charge is 0.365 e. The van der Waals surface area contributed by atoms with Gasteiger partial charge in [0.1, 0.15) is 5.00 Å². The maximum absolute atomic E-state index is 12.6. The number of sulfonamides is 1. The third-order valence-electron chi connectivity index (χ3n) is 3.95. The predicted molar refractivity (Wildman–Crippen MR) is 92.1 cm³/mol. The SMILES string of the molecule is CC(=O)c1cccc(S(=O)(=O)Nc2sc3c(c2C(N)=O)CCC3)c1. The van der Waals surface area contributed by atoms with Gasteiger partial charge in [0.25, 0.3) is 15.9 Å². The smallest absolute Gasteiger partial charge is 0.262 e. The lowest BCUT2D eigenvalue weighted by atomic mass is 10.1. The van der Waals surface area contributed by atoms with E-state index in [9.17, 15) is 18.0 Å². The second kappa shape index (κ2) is 6.03. The summed E-state index contributed by atoms with van der Waals surface area (Å²) in [5, 5.41) is 0.250. The van der Waals surface area contributed by atoms with Crippen LogP contribution >= 0.6 is 11.3 Å². The molecule has 1 aliphatic rings. The minimum Gasteiger partial charge on any atom is -0.365 e. The second-order valence-electron chi connectivity index (χ2n) is 5.62. The molecule has 8 heteroatoms. The monoisotopic (exact) mass is 364 g/mol. The average Bonchev–Trinajstić information content (AvgIpc) is 3.06. The highest BCUT2D eigenvalue weighted by atomic mass is 32.2. The number of hydrogen-bond acceptors (Lipinski definition) is 5. The van der Waals surface area contributed by atoms with Gasteiger partial charge in [-0.25, -0.2) is 8.42 Å². The van der Waals surface area contributed by atoms with Crippen molar-refractivity contribution in [2.75, 3.05) is 4.72 Å². The summed E-state index contributed by atoms with van der Waals surface area (Å²) in [6.07, 6.45) is 2.49. The molecule has 0 spiro atoms. The lowest BCUT2D eigenvalue weighted by Crippen LogP contribution is -2.18. The predicted octanol–water partition coefficient (Wildman–Crippen LogP) is 2.34. The molecule has 1 aromatic carbocycles. The summed E-state index contributed by atoms with van der Waals surface area (Å²) in [6, 6.07) is 5.78. The lowest BCUT2D eigenvalue weighted by Gasteiger charge is -2.09. The molecule has 0 saturated carbocycles. The summed E-state index contributed by atoms with van der Waals surface area (Å²) in [5.74, 6) is -0.857. The third-order valence-corrected chi connectivity index (χ3v) is 6.63. The number of Topliss-reactive ketones (excluding diaryl/α,β-unsaturated/α-hetero) is 1. The van der Waals surface area contributed by atoms with Crippen molar-refractivity contribution >= 4 is 38.1 Å². The number of rotatable bonds is 5. The molecule has 0 bridgehead atoms. The van der Waals surface area contributed by atoms with Crippen LogP contribution < -0.4 is 10.5 Å². The van der Waals surface area contributed by atoms with Crippen LogP contribution in [0.5, 0.6) is 0 Å². The van der Waals surface area contributed by atoms with Crippen LogP contribution in [-0.2, 0) is 22.9 Å². The zero-order valence-electron chi connectivity index (χ0n) is 13.0. The number of anilines is 1. The first-order valence-corrected chi connectivity index (χ1v) is 9.67. The minimum absolute atomic E-state index is 0.0285. The molecule has 0 atom stereocenters. The Morgan fingerprint density at radius 3 is 2.67 bits per heavy atom. The van der Waals surface area contributed by atoms with Crippen molar-refractivity contribution < 1.29 is 18.0 Å². The maximum Gasteiger partial charge on any atom is 0.262 e. The molecule has 1 aliphatic carbocycles. The topological polar surface area (TPSA) is 106 Å². The summed E-state index contributed by atoms with van der Waals surface area (Å²) in [7, 11) is -3.91. The number of fused-ring (bicyclic) bond motifs is 1. The second-order valence-corrected chi connectivity index (χ2v) is 8.40. The van der Waals surface area contributed by atoms with Crippen molar-refractivity contribution in [1.29, 1.82) is 0 Å². The van der Waals surface area contributed by atoms with Gasteiger partial charge >= 0.3 is 0 Å². The summed E-state index contributed by atoms with van der Waals surface area (Å²) in [6.45, 7) is 1.37. The molecule has 0 fully saturated rings. The van der Waals surface area contributed by atoms with Gasteiger partial charge in [-0.3, -0.25) is 14.3 Å². The third kappa shape index (κ3) is 2.94. The summed E-state index contributed by atoms with van der Waals surface area (Å²) in [5.41, 5.74) is 6.86. The van der Waals surface area contributed by atoms with Crippen molar-refractivity contribution in [1.82, 2.24) is 0 Å². The number of nitrogens with one attached hydrogen (secondary N) is 1. The van der Waals surface area contributed by atoms with Gasteiger partial charge in [0.05, 0.1) is 10.5 Å². The Balaban J connectivity index is 2.00. The summed E-state index contributed by atoms with van der Waals surface area (Å²) in [4.78, 5) is 24.2. The standard InChI is InChI=1S/C16H16N2O4S2/c1-9(19)10-4-2-5-11(8-10)24(21,22)18-16-14(15(17)20)12-6-3-7-13(12)23-16/h2,4-5,8,18H,3,6-7H2,1H3,(H2,17,20). The lowest BCUT2D eigenvalue weighted by molar-refractivity contribution is 0.0996. The first-order chi connectivity index (χ1) is 11.3. The Hall–Kier alpha value is -2.19. The molecule has 0 saturated heterocycles. The van der Waals surface area contributed by atoms with Crippen LogP contribution in [0.4, 0.5) is 5.00 Å². The number of amides is 1. The Morgan fingerprint density at radius 1 is 1.25 bits per heavy atom. The first-order valence-electron chi connectivity index (χ1n) is 7.38. The van der Waals surface area contributed by atoms with Crippen LogP contribution in [0.25, 0.3) is 0 Å². The van der Waals surface area contributed by atoms with E-state index in [1.807, 2.05) is 0 Å². The molecule has 2 aromatic rings. The quantitative estimate of drug-likeness (QED) is 0.794. The number of carbonyl (C=O) groups is 2. The zero-order chi connectivity index (χ0) is 17.5. The number of ketones is 1. The fourth-order valence-corrected chi connectivity index (χ4v) is 5.45. The van der Waals surface area contributed by atoms with E-state index in [4.69, 9.17) is 5.73 Å². The molecule has 3 N–H and O–H groups in total. The molecule has 0 radical (unpaired) electrons. The minimum atomic E-state index is -3.91. The van der Waals surface area contributed by atoms with Gasteiger partial charge in [-0.05, 0) is 43.9 Å². The highest BCUT2D eigenvalue weighted by Gasteiger charge is 2.28. The highest BCUT2D eigenvalue weighted by Crippen LogP contribution is 2.39. The highest BCUT2D eigenvalue weighted by molar-refractivity contribution is 7.93. The van der Waals surface area contributed by atoms with E-state index < -0.39 is 15.9 Å². The van der Waals surface area contributed by atoms with Gasteiger partial charge in [0.2, 0.25) is 0 Å². The van der Waals surface area contributed by atoms with Gasteiger partial charge in [-0.2, -0.15) is 0 Å². The van der Waals surface area contributed by atoms with Gasteiger partial charge in [-0.15, -0.1) is 11.3 Å². The Bertz CT molecular complexity index is 945. The average molecular weight is 364 g/mol. The van der Waals surface area contributed by atoms with Crippen molar-refractivity contribution in [2.24, 2.45) is 5.73 Å². The summed E-state index contributed by atoms with van der Waals surface area (Å²) >= 11 is 1.25. The van der Waals surface area contributed by atoms with Crippen LogP contribution in [0.15, 0.2) is 29.2 Å².